The van der Waals surface area contributed by atoms with Crippen molar-refractivity contribution in [3.8, 4) is 0 Å². The molecule has 0 spiro atoms. The van der Waals surface area contributed by atoms with Crippen LogP contribution in [0.15, 0.2) is 42.5 Å². The maximum Gasteiger partial charge on any atom is 0.187 e. The summed E-state index contributed by atoms with van der Waals surface area (Å²) in [5.74, 6) is -0.247. The lowest BCUT2D eigenvalue weighted by atomic mass is 9.82. The standard InChI is InChI=1S/C20H21FN2O/c1-22-18-9-10-19-15(13-18)14-24-20(19,11-4-12-23(2)3)16-5-7-17(21)8-6-16/h5-10,13H,4,11-12,14H2,2-3H3/t20-/m0/s1. The van der Waals surface area contributed by atoms with E-state index >= 15 is 0 Å². The Bertz CT molecular complexity index is 764. The SMILES string of the molecule is [C-]#[N+]c1ccc2c(c1)CO[C@@]2(CCCN(C)C)c1ccc(F)cc1. The van der Waals surface area contributed by atoms with E-state index in [1.807, 2.05) is 30.3 Å². The molecule has 0 aromatic heterocycles. The van der Waals surface area contributed by atoms with Crippen LogP contribution in [0, 0.1) is 12.4 Å². The molecule has 24 heavy (non-hydrogen) atoms. The zero-order valence-electron chi connectivity index (χ0n) is 14.1. The quantitative estimate of drug-likeness (QED) is 0.754. The first-order chi connectivity index (χ1) is 11.5. The molecule has 1 atom stereocenters. The highest BCUT2D eigenvalue weighted by Crippen LogP contribution is 2.46. The first-order valence-electron chi connectivity index (χ1n) is 8.11. The van der Waals surface area contributed by atoms with Crippen LogP contribution in [0.4, 0.5) is 10.1 Å². The molecule has 2 aromatic rings. The molecule has 0 aliphatic carbocycles. The largest absolute Gasteiger partial charge is 0.361 e. The molecule has 0 saturated heterocycles. The van der Waals surface area contributed by atoms with Gasteiger partial charge in [-0.25, -0.2) is 9.24 Å². The molecule has 1 aliphatic heterocycles. The van der Waals surface area contributed by atoms with Crippen molar-refractivity contribution in [1.82, 2.24) is 4.90 Å². The van der Waals surface area contributed by atoms with Crippen molar-refractivity contribution in [3.63, 3.8) is 0 Å². The van der Waals surface area contributed by atoms with Crippen LogP contribution in [0.2, 0.25) is 0 Å². The third kappa shape index (κ3) is 3.06. The minimum Gasteiger partial charge on any atom is -0.361 e. The van der Waals surface area contributed by atoms with Crippen LogP contribution in [0.25, 0.3) is 4.85 Å². The number of ether oxygens (including phenoxy) is 1. The molecule has 0 bridgehead atoms. The first kappa shape index (κ1) is 16.6. The fourth-order valence-corrected chi connectivity index (χ4v) is 3.40. The van der Waals surface area contributed by atoms with Gasteiger partial charge in [0.15, 0.2) is 5.69 Å². The Kier molecular flexibility index (Phi) is 4.66. The van der Waals surface area contributed by atoms with Gasteiger partial charge in [0.25, 0.3) is 0 Å². The number of halogens is 1. The first-order valence-corrected chi connectivity index (χ1v) is 8.11. The number of hydrogen-bond acceptors (Lipinski definition) is 2. The Balaban J connectivity index is 2.02. The molecule has 3 rings (SSSR count). The lowest BCUT2D eigenvalue weighted by Crippen LogP contribution is -2.28. The Morgan fingerprint density at radius 1 is 1.21 bits per heavy atom. The summed E-state index contributed by atoms with van der Waals surface area (Å²) in [6.45, 7) is 8.63. The van der Waals surface area contributed by atoms with Gasteiger partial charge < -0.3 is 9.64 Å². The lowest BCUT2D eigenvalue weighted by molar-refractivity contribution is -0.0140. The molecule has 1 aliphatic rings. The summed E-state index contributed by atoms with van der Waals surface area (Å²) in [5.41, 5.74) is 3.19. The molecule has 0 unspecified atom stereocenters. The molecule has 3 nitrogen and oxygen atoms in total. The van der Waals surface area contributed by atoms with Crippen molar-refractivity contribution in [2.45, 2.75) is 25.0 Å². The molecule has 0 fully saturated rings. The monoisotopic (exact) mass is 324 g/mol. The van der Waals surface area contributed by atoms with Crippen molar-refractivity contribution in [1.29, 1.82) is 0 Å². The average Bonchev–Trinajstić information content (AvgIpc) is 2.94. The Morgan fingerprint density at radius 3 is 2.62 bits per heavy atom. The minimum atomic E-state index is -0.556. The van der Waals surface area contributed by atoms with Gasteiger partial charge in [-0.2, -0.15) is 0 Å². The zero-order valence-corrected chi connectivity index (χ0v) is 14.1. The van der Waals surface area contributed by atoms with Crippen LogP contribution in [-0.2, 0) is 16.9 Å². The van der Waals surface area contributed by atoms with Gasteiger partial charge in [0.05, 0.1) is 13.2 Å². The lowest BCUT2D eigenvalue weighted by Gasteiger charge is -2.31. The van der Waals surface area contributed by atoms with E-state index in [4.69, 9.17) is 11.3 Å². The van der Waals surface area contributed by atoms with Crippen molar-refractivity contribution < 1.29 is 9.13 Å². The summed E-state index contributed by atoms with van der Waals surface area (Å²) in [6.07, 6.45) is 1.79. The normalized spacial score (nSPS) is 19.3. The number of nitrogens with zero attached hydrogens (tertiary/aromatic N) is 2. The molecular formula is C20H21FN2O. The van der Waals surface area contributed by atoms with Crippen molar-refractivity contribution >= 4 is 5.69 Å². The van der Waals surface area contributed by atoms with E-state index in [2.05, 4.69) is 23.8 Å². The fourth-order valence-electron chi connectivity index (χ4n) is 3.40. The molecule has 2 aromatic carbocycles. The third-order valence-electron chi connectivity index (χ3n) is 4.57. The number of benzene rings is 2. The second-order valence-corrected chi connectivity index (χ2v) is 6.48. The maximum atomic E-state index is 13.4. The van der Waals surface area contributed by atoms with E-state index in [1.165, 1.54) is 12.1 Å². The van der Waals surface area contributed by atoms with Crippen LogP contribution in [0.1, 0.15) is 29.5 Å². The van der Waals surface area contributed by atoms with E-state index in [0.29, 0.717) is 12.3 Å². The van der Waals surface area contributed by atoms with Crippen LogP contribution >= 0.6 is 0 Å². The van der Waals surface area contributed by atoms with E-state index in [0.717, 1.165) is 36.1 Å². The highest BCUT2D eigenvalue weighted by atomic mass is 19.1. The molecule has 1 heterocycles. The summed E-state index contributed by atoms with van der Waals surface area (Å²) in [6, 6.07) is 12.3. The van der Waals surface area contributed by atoms with Crippen molar-refractivity contribution in [3.05, 3.63) is 76.4 Å². The van der Waals surface area contributed by atoms with Gasteiger partial charge in [-0.15, -0.1) is 0 Å². The number of rotatable bonds is 5. The van der Waals surface area contributed by atoms with Gasteiger partial charge in [-0.3, -0.25) is 0 Å². The number of hydrogen-bond donors (Lipinski definition) is 0. The summed E-state index contributed by atoms with van der Waals surface area (Å²) < 4.78 is 19.6. The van der Waals surface area contributed by atoms with Gasteiger partial charge in [0.1, 0.15) is 11.4 Å². The van der Waals surface area contributed by atoms with Gasteiger partial charge in [-0.05, 0) is 62.3 Å². The van der Waals surface area contributed by atoms with Gasteiger partial charge >= 0.3 is 0 Å². The molecule has 0 amide bonds. The minimum absolute atomic E-state index is 0.247. The Morgan fingerprint density at radius 2 is 1.96 bits per heavy atom. The van der Waals surface area contributed by atoms with Crippen LogP contribution < -0.4 is 0 Å². The predicted octanol–water partition coefficient (Wildman–Crippen LogP) is 4.49. The second-order valence-electron chi connectivity index (χ2n) is 6.48. The maximum absolute atomic E-state index is 13.4. The molecule has 0 saturated carbocycles. The predicted molar refractivity (Wildman–Crippen MR) is 92.5 cm³/mol. The number of fused-ring (bicyclic) bond motifs is 1. The van der Waals surface area contributed by atoms with Gasteiger partial charge in [-0.1, -0.05) is 30.3 Å². The molecule has 124 valence electrons. The third-order valence-corrected chi connectivity index (χ3v) is 4.57. The average molecular weight is 324 g/mol. The fraction of sp³-hybridized carbons (Fsp3) is 0.350. The summed E-state index contributed by atoms with van der Waals surface area (Å²) in [4.78, 5) is 5.65. The van der Waals surface area contributed by atoms with Crippen LogP contribution in [-0.4, -0.2) is 25.5 Å². The van der Waals surface area contributed by atoms with E-state index in [-0.39, 0.29) is 5.82 Å². The Hall–Kier alpha value is -2.22. The van der Waals surface area contributed by atoms with E-state index in [1.54, 1.807) is 0 Å². The van der Waals surface area contributed by atoms with Gasteiger partial charge in [0.2, 0.25) is 0 Å². The molecule has 0 radical (unpaired) electrons. The topological polar surface area (TPSA) is 16.8 Å². The molecule has 4 heteroatoms. The van der Waals surface area contributed by atoms with E-state index < -0.39 is 5.60 Å². The van der Waals surface area contributed by atoms with Gasteiger partial charge in [0, 0.05) is 0 Å². The smallest absolute Gasteiger partial charge is 0.187 e. The van der Waals surface area contributed by atoms with Crippen LogP contribution in [0.5, 0.6) is 0 Å². The summed E-state index contributed by atoms with van der Waals surface area (Å²) in [7, 11) is 4.10. The highest BCUT2D eigenvalue weighted by molar-refractivity contribution is 5.54. The van der Waals surface area contributed by atoms with Crippen LogP contribution in [0.3, 0.4) is 0 Å². The second kappa shape index (κ2) is 6.72. The van der Waals surface area contributed by atoms with Crippen molar-refractivity contribution in [2.24, 2.45) is 0 Å². The Labute approximate surface area is 142 Å². The van der Waals surface area contributed by atoms with Crippen molar-refractivity contribution in [2.75, 3.05) is 20.6 Å². The highest BCUT2D eigenvalue weighted by Gasteiger charge is 2.41. The summed E-state index contributed by atoms with van der Waals surface area (Å²) in [5, 5.41) is 0. The van der Waals surface area contributed by atoms with E-state index in [9.17, 15) is 4.39 Å². The molecule has 0 N–H and O–H groups in total. The zero-order chi connectivity index (χ0) is 17.2. The summed E-state index contributed by atoms with van der Waals surface area (Å²) >= 11 is 0. The molecular weight excluding hydrogens is 303 g/mol.